The van der Waals surface area contributed by atoms with Crippen LogP contribution in [0.15, 0.2) is 0 Å². The van der Waals surface area contributed by atoms with Crippen molar-refractivity contribution in [3.8, 4) is 0 Å². The fraction of sp³-hybridized carbons (Fsp3) is 0.917. The molecule has 1 amide bonds. The minimum Gasteiger partial charge on any atom is -0.353 e. The molecule has 2 heterocycles. The molecule has 2 saturated heterocycles. The van der Waals surface area contributed by atoms with Gasteiger partial charge in [0.25, 0.3) is 0 Å². The van der Waals surface area contributed by atoms with Crippen LogP contribution in [0.1, 0.15) is 20.3 Å². The van der Waals surface area contributed by atoms with Gasteiger partial charge >= 0.3 is 6.18 Å². The number of rotatable bonds is 3. The van der Waals surface area contributed by atoms with Crippen LogP contribution in [0, 0.1) is 5.41 Å². The van der Waals surface area contributed by atoms with Crippen LogP contribution in [0.2, 0.25) is 0 Å². The lowest BCUT2D eigenvalue weighted by Gasteiger charge is -2.29. The first-order valence-electron chi connectivity index (χ1n) is 6.54. The number of halogens is 3. The first-order valence-corrected chi connectivity index (χ1v) is 6.54. The van der Waals surface area contributed by atoms with E-state index in [0.29, 0.717) is 0 Å². The van der Waals surface area contributed by atoms with Crippen molar-refractivity contribution < 1.29 is 27.4 Å². The van der Waals surface area contributed by atoms with Crippen LogP contribution in [0.5, 0.6) is 0 Å². The summed E-state index contributed by atoms with van der Waals surface area (Å²) < 4.78 is 50.1. The maximum atomic E-state index is 13.1. The van der Waals surface area contributed by atoms with Gasteiger partial charge in [-0.25, -0.2) is 0 Å². The maximum Gasteiger partial charge on any atom is 0.404 e. The predicted octanol–water partition coefficient (Wildman–Crippen LogP) is 0.796. The molecule has 0 spiro atoms. The molecule has 0 aromatic heterocycles. The molecule has 2 aliphatic heterocycles. The summed E-state index contributed by atoms with van der Waals surface area (Å²) in [5, 5.41) is 4.95. The summed E-state index contributed by atoms with van der Waals surface area (Å²) in [5.41, 5.74) is -2.33. The molecule has 0 radical (unpaired) electrons. The molecular formula is C12H19F3N2O3. The smallest absolute Gasteiger partial charge is 0.353 e. The molecule has 2 unspecified atom stereocenters. The van der Waals surface area contributed by atoms with Gasteiger partial charge in [-0.2, -0.15) is 13.2 Å². The van der Waals surface area contributed by atoms with E-state index in [1.54, 1.807) is 13.8 Å². The monoisotopic (exact) mass is 296 g/mol. The molecule has 2 fully saturated rings. The quantitative estimate of drug-likeness (QED) is 0.808. The molecule has 2 N–H and O–H groups in total. The van der Waals surface area contributed by atoms with Gasteiger partial charge in [-0.3, -0.25) is 4.79 Å². The van der Waals surface area contributed by atoms with Crippen LogP contribution in [0.4, 0.5) is 13.2 Å². The van der Waals surface area contributed by atoms with Crippen LogP contribution >= 0.6 is 0 Å². The third-order valence-electron chi connectivity index (χ3n) is 3.69. The van der Waals surface area contributed by atoms with Gasteiger partial charge in [-0.15, -0.1) is 0 Å². The Balaban J connectivity index is 1.94. The highest BCUT2D eigenvalue weighted by Crippen LogP contribution is 2.43. The third-order valence-corrected chi connectivity index (χ3v) is 3.69. The van der Waals surface area contributed by atoms with Crippen molar-refractivity contribution >= 4 is 5.91 Å². The van der Waals surface area contributed by atoms with Gasteiger partial charge in [0.1, 0.15) is 6.10 Å². The summed E-state index contributed by atoms with van der Waals surface area (Å²) in [4.78, 5) is 12.0. The number of carbonyl (C=O) groups excluding carboxylic acids is 1. The average Bonchev–Trinajstić information content (AvgIpc) is 2.92. The van der Waals surface area contributed by atoms with E-state index in [1.165, 1.54) is 0 Å². The molecular weight excluding hydrogens is 277 g/mol. The third kappa shape index (κ3) is 2.91. The summed E-state index contributed by atoms with van der Waals surface area (Å²) in [5.74, 6) is -1.75. The van der Waals surface area contributed by atoms with Crippen molar-refractivity contribution in [3.63, 3.8) is 0 Å². The van der Waals surface area contributed by atoms with Crippen molar-refractivity contribution in [1.82, 2.24) is 10.6 Å². The largest absolute Gasteiger partial charge is 0.404 e. The highest BCUT2D eigenvalue weighted by Gasteiger charge is 2.61. The fourth-order valence-electron chi connectivity index (χ4n) is 2.50. The second kappa shape index (κ2) is 5.16. The van der Waals surface area contributed by atoms with Gasteiger partial charge in [0.2, 0.25) is 5.91 Å². The minimum atomic E-state index is -4.56. The zero-order chi connectivity index (χ0) is 15.0. The Labute approximate surface area is 115 Å². The second-order valence-electron chi connectivity index (χ2n) is 5.67. The Morgan fingerprint density at radius 1 is 1.45 bits per heavy atom. The van der Waals surface area contributed by atoms with Crippen LogP contribution in [0.25, 0.3) is 0 Å². The van der Waals surface area contributed by atoms with Crippen LogP contribution in [0.3, 0.4) is 0 Å². The maximum absolute atomic E-state index is 13.1. The van der Waals surface area contributed by atoms with Crippen molar-refractivity contribution in [2.75, 3.05) is 26.2 Å². The van der Waals surface area contributed by atoms with Crippen LogP contribution in [-0.4, -0.2) is 50.2 Å². The summed E-state index contributed by atoms with van der Waals surface area (Å²) in [7, 11) is 0. The predicted molar refractivity (Wildman–Crippen MR) is 63.9 cm³/mol. The van der Waals surface area contributed by atoms with Gasteiger partial charge in [-0.1, -0.05) is 0 Å². The van der Waals surface area contributed by atoms with Gasteiger partial charge in [0.05, 0.1) is 6.61 Å². The van der Waals surface area contributed by atoms with Crippen LogP contribution < -0.4 is 10.6 Å². The highest BCUT2D eigenvalue weighted by molar-refractivity contribution is 5.84. The van der Waals surface area contributed by atoms with E-state index in [9.17, 15) is 18.0 Å². The summed E-state index contributed by atoms with van der Waals surface area (Å²) in [6.07, 6.45) is -5.23. The van der Waals surface area contributed by atoms with E-state index in [2.05, 4.69) is 10.6 Å². The Kier molecular flexibility index (Phi) is 4.01. The van der Waals surface area contributed by atoms with Crippen molar-refractivity contribution in [3.05, 3.63) is 0 Å². The number of hydrogen-bond donors (Lipinski definition) is 2. The number of hydrogen-bond acceptors (Lipinski definition) is 4. The first kappa shape index (κ1) is 15.5. The number of alkyl halides is 3. The van der Waals surface area contributed by atoms with E-state index < -0.39 is 29.4 Å². The molecule has 5 nitrogen and oxygen atoms in total. The Bertz CT molecular complexity index is 379. The number of nitrogens with one attached hydrogen (secondary N) is 2. The number of ether oxygens (including phenoxy) is 2. The van der Waals surface area contributed by atoms with Gasteiger partial charge in [0.15, 0.2) is 11.2 Å². The van der Waals surface area contributed by atoms with E-state index in [0.717, 1.165) is 0 Å². The molecule has 8 heteroatoms. The molecule has 0 saturated carbocycles. The van der Waals surface area contributed by atoms with Gasteiger partial charge in [0, 0.05) is 13.1 Å². The topological polar surface area (TPSA) is 59.6 Å². The first-order chi connectivity index (χ1) is 9.16. The molecule has 0 aromatic carbocycles. The van der Waals surface area contributed by atoms with Gasteiger partial charge < -0.3 is 20.1 Å². The fourth-order valence-corrected chi connectivity index (χ4v) is 2.50. The number of carbonyl (C=O) groups is 1. The Morgan fingerprint density at radius 2 is 2.15 bits per heavy atom. The zero-order valence-corrected chi connectivity index (χ0v) is 11.5. The molecule has 0 aromatic rings. The van der Waals surface area contributed by atoms with E-state index in [4.69, 9.17) is 9.47 Å². The van der Waals surface area contributed by atoms with Crippen molar-refractivity contribution in [2.24, 2.45) is 5.41 Å². The molecule has 0 bridgehead atoms. The standard InChI is InChI=1S/C12H19F3N2O3/c1-10(2)19-6-8(20-10)5-17-9(18)11(12(13,14)15)3-4-16-7-11/h8,16H,3-7H2,1-2H3,(H,17,18). The Morgan fingerprint density at radius 3 is 2.60 bits per heavy atom. The lowest BCUT2D eigenvalue weighted by Crippen LogP contribution is -2.53. The van der Waals surface area contributed by atoms with Gasteiger partial charge in [-0.05, 0) is 26.8 Å². The summed E-state index contributed by atoms with van der Waals surface area (Å²) >= 11 is 0. The molecule has 2 aliphatic rings. The van der Waals surface area contributed by atoms with Crippen LogP contribution in [-0.2, 0) is 14.3 Å². The van der Waals surface area contributed by atoms with E-state index >= 15 is 0 Å². The van der Waals surface area contributed by atoms with E-state index in [1.807, 2.05) is 0 Å². The normalized spacial score (nSPS) is 33.4. The molecule has 20 heavy (non-hydrogen) atoms. The number of amides is 1. The van der Waals surface area contributed by atoms with Crippen molar-refractivity contribution in [2.45, 2.75) is 38.3 Å². The molecule has 2 rings (SSSR count). The SMILES string of the molecule is CC1(C)OCC(CNC(=O)C2(C(F)(F)F)CCNC2)O1. The summed E-state index contributed by atoms with van der Waals surface area (Å²) in [6.45, 7) is 3.50. The van der Waals surface area contributed by atoms with Crippen molar-refractivity contribution in [1.29, 1.82) is 0 Å². The zero-order valence-electron chi connectivity index (χ0n) is 11.5. The molecule has 0 aliphatic carbocycles. The minimum absolute atomic E-state index is 0.0140. The lowest BCUT2D eigenvalue weighted by atomic mass is 9.85. The molecule has 2 atom stereocenters. The van der Waals surface area contributed by atoms with E-state index in [-0.39, 0.29) is 32.7 Å². The molecule has 116 valence electrons. The highest BCUT2D eigenvalue weighted by atomic mass is 19.4. The second-order valence-corrected chi connectivity index (χ2v) is 5.67. The average molecular weight is 296 g/mol. The summed E-state index contributed by atoms with van der Waals surface area (Å²) in [6, 6.07) is 0. The lowest BCUT2D eigenvalue weighted by molar-refractivity contribution is -0.216. The Hall–Kier alpha value is -0.860.